The smallest absolute Gasteiger partial charge is 0.254 e. The third kappa shape index (κ3) is 3.72. The molecule has 2 aliphatic carbocycles. The molecule has 3 atom stereocenters. The van der Waals surface area contributed by atoms with Crippen molar-refractivity contribution in [3.05, 3.63) is 11.8 Å². The summed E-state index contributed by atoms with van der Waals surface area (Å²) < 4.78 is 0. The van der Waals surface area contributed by atoms with Crippen molar-refractivity contribution in [2.24, 2.45) is 11.7 Å². The number of hydrogen-bond donors (Lipinski definition) is 4. The van der Waals surface area contributed by atoms with Gasteiger partial charge in [-0.2, -0.15) is 4.98 Å². The third-order valence-corrected chi connectivity index (χ3v) is 4.99. The van der Waals surface area contributed by atoms with Gasteiger partial charge in [-0.1, -0.05) is 6.92 Å². The summed E-state index contributed by atoms with van der Waals surface area (Å²) in [5, 5.41) is 16.6. The predicted molar refractivity (Wildman–Crippen MR) is 88.2 cm³/mol. The molecule has 0 radical (unpaired) electrons. The highest BCUT2D eigenvalue weighted by Gasteiger charge is 2.27. The Labute approximate surface area is 136 Å². The number of carbonyl (C=O) groups is 1. The molecule has 1 aromatic rings. The lowest BCUT2D eigenvalue weighted by Crippen LogP contribution is -2.36. The number of aliphatic hydroxyl groups is 1. The van der Waals surface area contributed by atoms with Crippen LogP contribution in [0.5, 0.6) is 0 Å². The van der Waals surface area contributed by atoms with Crippen molar-refractivity contribution < 1.29 is 9.90 Å². The average molecular weight is 319 g/mol. The largest absolute Gasteiger partial charge is 0.393 e. The molecule has 1 unspecified atom stereocenters. The lowest BCUT2D eigenvalue weighted by molar-refractivity contribution is 0.0739. The minimum Gasteiger partial charge on any atom is -0.393 e. The lowest BCUT2D eigenvalue weighted by Gasteiger charge is -2.32. The molecule has 1 heterocycles. The van der Waals surface area contributed by atoms with Crippen LogP contribution in [0.4, 0.5) is 11.8 Å². The van der Waals surface area contributed by atoms with E-state index in [0.29, 0.717) is 30.1 Å². The number of nitrogens with two attached hydrogens (primary N) is 1. The first-order valence-electron chi connectivity index (χ1n) is 8.41. The van der Waals surface area contributed by atoms with Crippen molar-refractivity contribution in [2.45, 2.75) is 63.6 Å². The van der Waals surface area contributed by atoms with E-state index >= 15 is 0 Å². The number of anilines is 2. The van der Waals surface area contributed by atoms with Crippen molar-refractivity contribution in [1.29, 1.82) is 0 Å². The number of aromatic nitrogens is 2. The van der Waals surface area contributed by atoms with Crippen molar-refractivity contribution in [3.8, 4) is 0 Å². The van der Waals surface area contributed by atoms with Gasteiger partial charge in [0.15, 0.2) is 0 Å². The van der Waals surface area contributed by atoms with Crippen LogP contribution in [0, 0.1) is 5.92 Å². The van der Waals surface area contributed by atoms with Gasteiger partial charge in [-0.15, -0.1) is 0 Å². The summed E-state index contributed by atoms with van der Waals surface area (Å²) >= 11 is 0. The SMILES string of the molecule is C[C@@H]1CCC(Nc2nc(NC3CCC3)ncc2C(N)=O)C[C@H]1O. The Morgan fingerprint density at radius 1 is 1.26 bits per heavy atom. The van der Waals surface area contributed by atoms with Gasteiger partial charge in [0.1, 0.15) is 5.82 Å². The molecule has 7 nitrogen and oxygen atoms in total. The maximum Gasteiger partial charge on any atom is 0.254 e. The Morgan fingerprint density at radius 3 is 2.65 bits per heavy atom. The second-order valence-corrected chi connectivity index (χ2v) is 6.79. The molecule has 23 heavy (non-hydrogen) atoms. The minimum absolute atomic E-state index is 0.0887. The zero-order valence-electron chi connectivity index (χ0n) is 13.5. The van der Waals surface area contributed by atoms with E-state index < -0.39 is 5.91 Å². The number of amides is 1. The second-order valence-electron chi connectivity index (χ2n) is 6.79. The summed E-state index contributed by atoms with van der Waals surface area (Å²) in [4.78, 5) is 20.2. The van der Waals surface area contributed by atoms with E-state index in [-0.39, 0.29) is 17.7 Å². The number of nitrogens with zero attached hydrogens (tertiary/aromatic N) is 2. The summed E-state index contributed by atoms with van der Waals surface area (Å²) in [6.45, 7) is 2.06. The quantitative estimate of drug-likeness (QED) is 0.654. The van der Waals surface area contributed by atoms with Gasteiger partial charge in [0.2, 0.25) is 5.95 Å². The lowest BCUT2D eigenvalue weighted by atomic mass is 9.85. The van der Waals surface area contributed by atoms with Crippen molar-refractivity contribution in [3.63, 3.8) is 0 Å². The number of rotatable bonds is 5. The Hall–Kier alpha value is -1.89. The molecule has 2 aliphatic rings. The molecule has 1 amide bonds. The topological polar surface area (TPSA) is 113 Å². The monoisotopic (exact) mass is 319 g/mol. The maximum absolute atomic E-state index is 11.6. The Morgan fingerprint density at radius 2 is 2.04 bits per heavy atom. The van der Waals surface area contributed by atoms with E-state index in [9.17, 15) is 9.90 Å². The number of aliphatic hydroxyl groups excluding tert-OH is 1. The van der Waals surface area contributed by atoms with Gasteiger partial charge >= 0.3 is 0 Å². The zero-order chi connectivity index (χ0) is 16.4. The van der Waals surface area contributed by atoms with E-state index in [1.54, 1.807) is 0 Å². The fourth-order valence-corrected chi connectivity index (χ4v) is 3.10. The molecule has 0 aromatic carbocycles. The average Bonchev–Trinajstić information content (AvgIpc) is 2.47. The number of nitrogens with one attached hydrogen (secondary N) is 2. The highest BCUT2D eigenvalue weighted by Crippen LogP contribution is 2.28. The predicted octanol–water partition coefficient (Wildman–Crippen LogP) is 1.50. The molecule has 0 aliphatic heterocycles. The van der Waals surface area contributed by atoms with Gasteiger partial charge in [0.05, 0.1) is 11.7 Å². The van der Waals surface area contributed by atoms with Gasteiger partial charge in [0.25, 0.3) is 5.91 Å². The van der Waals surface area contributed by atoms with Crippen LogP contribution in [0.1, 0.15) is 55.8 Å². The molecule has 0 spiro atoms. The highest BCUT2D eigenvalue weighted by atomic mass is 16.3. The number of hydrogen-bond acceptors (Lipinski definition) is 6. The van der Waals surface area contributed by atoms with E-state index in [2.05, 4.69) is 27.5 Å². The van der Waals surface area contributed by atoms with E-state index in [4.69, 9.17) is 5.73 Å². The first-order valence-corrected chi connectivity index (χ1v) is 8.41. The minimum atomic E-state index is -0.549. The van der Waals surface area contributed by atoms with Gasteiger partial charge in [-0.3, -0.25) is 4.79 Å². The van der Waals surface area contributed by atoms with Gasteiger partial charge in [0, 0.05) is 18.3 Å². The molecule has 3 rings (SSSR count). The molecule has 0 bridgehead atoms. The molecule has 0 saturated heterocycles. The van der Waals surface area contributed by atoms with Gasteiger partial charge < -0.3 is 21.5 Å². The molecular formula is C16H25N5O2. The van der Waals surface area contributed by atoms with Crippen LogP contribution >= 0.6 is 0 Å². The Balaban J connectivity index is 1.74. The van der Waals surface area contributed by atoms with Crippen LogP contribution in [0.25, 0.3) is 0 Å². The third-order valence-electron chi connectivity index (χ3n) is 4.99. The molecule has 126 valence electrons. The second kappa shape index (κ2) is 6.70. The first kappa shape index (κ1) is 16.0. The summed E-state index contributed by atoms with van der Waals surface area (Å²) in [5.74, 6) is 0.741. The maximum atomic E-state index is 11.6. The molecule has 7 heteroatoms. The van der Waals surface area contributed by atoms with Crippen LogP contribution in [-0.4, -0.2) is 39.2 Å². The summed E-state index contributed by atoms with van der Waals surface area (Å²) in [5.41, 5.74) is 5.72. The summed E-state index contributed by atoms with van der Waals surface area (Å²) in [6, 6.07) is 0.505. The summed E-state index contributed by atoms with van der Waals surface area (Å²) in [7, 11) is 0. The number of carbonyl (C=O) groups excluding carboxylic acids is 1. The van der Waals surface area contributed by atoms with Crippen molar-refractivity contribution >= 4 is 17.7 Å². The normalized spacial score (nSPS) is 28.0. The van der Waals surface area contributed by atoms with Crippen LogP contribution in [0.2, 0.25) is 0 Å². The van der Waals surface area contributed by atoms with Crippen LogP contribution in [0.15, 0.2) is 6.20 Å². The van der Waals surface area contributed by atoms with E-state index in [1.807, 2.05) is 0 Å². The van der Waals surface area contributed by atoms with E-state index in [0.717, 1.165) is 25.7 Å². The van der Waals surface area contributed by atoms with Crippen LogP contribution in [0.3, 0.4) is 0 Å². The molecular weight excluding hydrogens is 294 g/mol. The van der Waals surface area contributed by atoms with Gasteiger partial charge in [-0.25, -0.2) is 4.98 Å². The standard InChI is InChI=1S/C16H25N5O2/c1-9-5-6-11(7-13(9)22)19-15-12(14(17)23)8-18-16(21-15)20-10-3-2-4-10/h8-11,13,22H,2-7H2,1H3,(H2,17,23)(H2,18,19,20,21)/t9-,11?,13-/m1/s1. The Kier molecular flexibility index (Phi) is 4.66. The van der Waals surface area contributed by atoms with Gasteiger partial charge in [-0.05, 0) is 44.4 Å². The molecule has 2 fully saturated rings. The first-order chi connectivity index (χ1) is 11.0. The molecule has 5 N–H and O–H groups in total. The molecule has 2 saturated carbocycles. The van der Waals surface area contributed by atoms with Crippen LogP contribution in [-0.2, 0) is 0 Å². The fraction of sp³-hybridized carbons (Fsp3) is 0.688. The van der Waals surface area contributed by atoms with E-state index in [1.165, 1.54) is 12.6 Å². The molecule has 1 aromatic heterocycles. The van der Waals surface area contributed by atoms with Crippen LogP contribution < -0.4 is 16.4 Å². The highest BCUT2D eigenvalue weighted by molar-refractivity contribution is 5.97. The zero-order valence-corrected chi connectivity index (χ0v) is 13.5. The number of primary amides is 1. The summed E-state index contributed by atoms with van der Waals surface area (Å²) in [6.07, 6.45) is 7.14. The van der Waals surface area contributed by atoms with Crippen molar-refractivity contribution in [2.75, 3.05) is 10.6 Å². The van der Waals surface area contributed by atoms with Crippen molar-refractivity contribution in [1.82, 2.24) is 9.97 Å². The fourth-order valence-electron chi connectivity index (χ4n) is 3.10. The Bertz CT molecular complexity index is 576.